The molecular formula is C13H6BrClFNO. The number of nitriles is 1. The van der Waals surface area contributed by atoms with Crippen molar-refractivity contribution in [3.05, 3.63) is 57.3 Å². The SMILES string of the molecule is N#Cc1cc(Br)cc(Oc2ccc(F)cc2Cl)c1. The van der Waals surface area contributed by atoms with Gasteiger partial charge in [-0.05, 0) is 36.4 Å². The zero-order valence-corrected chi connectivity index (χ0v) is 11.3. The van der Waals surface area contributed by atoms with Gasteiger partial charge in [0.05, 0.1) is 16.7 Å². The molecule has 2 rings (SSSR count). The Morgan fingerprint density at radius 2 is 2.00 bits per heavy atom. The molecule has 0 N–H and O–H groups in total. The fourth-order valence-corrected chi connectivity index (χ4v) is 2.05. The van der Waals surface area contributed by atoms with Gasteiger partial charge in [0.25, 0.3) is 0 Å². The van der Waals surface area contributed by atoms with Crippen molar-refractivity contribution in [3.63, 3.8) is 0 Å². The fourth-order valence-electron chi connectivity index (χ4n) is 1.37. The second-order valence-corrected chi connectivity index (χ2v) is 4.79. The normalized spacial score (nSPS) is 9.89. The molecule has 0 amide bonds. The van der Waals surface area contributed by atoms with Crippen molar-refractivity contribution in [3.8, 4) is 17.6 Å². The second kappa shape index (κ2) is 5.38. The Labute approximate surface area is 117 Å². The van der Waals surface area contributed by atoms with Crippen LogP contribution in [0.4, 0.5) is 4.39 Å². The summed E-state index contributed by atoms with van der Waals surface area (Å²) >= 11 is 9.12. The molecule has 0 aliphatic heterocycles. The maximum Gasteiger partial charge on any atom is 0.146 e. The van der Waals surface area contributed by atoms with Crippen LogP contribution in [-0.4, -0.2) is 0 Å². The lowest BCUT2D eigenvalue weighted by Gasteiger charge is -2.08. The monoisotopic (exact) mass is 325 g/mol. The molecule has 0 heterocycles. The summed E-state index contributed by atoms with van der Waals surface area (Å²) in [4.78, 5) is 0. The van der Waals surface area contributed by atoms with Crippen molar-refractivity contribution in [2.45, 2.75) is 0 Å². The maximum absolute atomic E-state index is 12.9. The third kappa shape index (κ3) is 3.00. The van der Waals surface area contributed by atoms with E-state index in [0.717, 1.165) is 4.47 Å². The van der Waals surface area contributed by atoms with Crippen molar-refractivity contribution >= 4 is 27.5 Å². The van der Waals surface area contributed by atoms with Gasteiger partial charge in [0.1, 0.15) is 17.3 Å². The molecule has 0 saturated carbocycles. The second-order valence-electron chi connectivity index (χ2n) is 3.46. The molecule has 90 valence electrons. The Balaban J connectivity index is 2.34. The van der Waals surface area contributed by atoms with Gasteiger partial charge in [-0.3, -0.25) is 0 Å². The van der Waals surface area contributed by atoms with E-state index in [2.05, 4.69) is 15.9 Å². The molecule has 0 bridgehead atoms. The molecule has 2 aromatic carbocycles. The van der Waals surface area contributed by atoms with E-state index in [4.69, 9.17) is 21.6 Å². The van der Waals surface area contributed by atoms with Crippen LogP contribution in [0.25, 0.3) is 0 Å². The minimum Gasteiger partial charge on any atom is -0.456 e. The van der Waals surface area contributed by atoms with E-state index in [-0.39, 0.29) is 5.02 Å². The summed E-state index contributed by atoms with van der Waals surface area (Å²) in [6.45, 7) is 0. The van der Waals surface area contributed by atoms with E-state index in [0.29, 0.717) is 17.1 Å². The average molecular weight is 327 g/mol. The Kier molecular flexibility index (Phi) is 3.85. The largest absolute Gasteiger partial charge is 0.456 e. The number of halogens is 3. The molecule has 18 heavy (non-hydrogen) atoms. The van der Waals surface area contributed by atoms with Crippen LogP contribution >= 0.6 is 27.5 Å². The van der Waals surface area contributed by atoms with Crippen LogP contribution in [0.3, 0.4) is 0 Å². The first-order valence-electron chi connectivity index (χ1n) is 4.92. The van der Waals surface area contributed by atoms with E-state index >= 15 is 0 Å². The molecule has 0 aliphatic carbocycles. The summed E-state index contributed by atoms with van der Waals surface area (Å²) in [7, 11) is 0. The number of benzene rings is 2. The van der Waals surface area contributed by atoms with Gasteiger partial charge < -0.3 is 4.74 Å². The molecule has 0 radical (unpaired) electrons. The molecule has 0 spiro atoms. The van der Waals surface area contributed by atoms with Crippen molar-refractivity contribution in [1.29, 1.82) is 5.26 Å². The predicted molar refractivity (Wildman–Crippen MR) is 70.3 cm³/mol. The van der Waals surface area contributed by atoms with Crippen molar-refractivity contribution in [1.82, 2.24) is 0 Å². The van der Waals surface area contributed by atoms with Gasteiger partial charge >= 0.3 is 0 Å². The zero-order chi connectivity index (χ0) is 13.1. The van der Waals surface area contributed by atoms with E-state index in [1.807, 2.05) is 6.07 Å². The van der Waals surface area contributed by atoms with Gasteiger partial charge in [0.2, 0.25) is 0 Å². The van der Waals surface area contributed by atoms with Crippen molar-refractivity contribution in [2.75, 3.05) is 0 Å². The zero-order valence-electron chi connectivity index (χ0n) is 8.95. The average Bonchev–Trinajstić information content (AvgIpc) is 2.32. The fraction of sp³-hybridized carbons (Fsp3) is 0. The van der Waals surface area contributed by atoms with Crippen LogP contribution in [0.2, 0.25) is 5.02 Å². The van der Waals surface area contributed by atoms with E-state index in [9.17, 15) is 4.39 Å². The highest BCUT2D eigenvalue weighted by molar-refractivity contribution is 9.10. The molecular weight excluding hydrogens is 321 g/mol. The maximum atomic E-state index is 12.9. The summed E-state index contributed by atoms with van der Waals surface area (Å²) in [6.07, 6.45) is 0. The van der Waals surface area contributed by atoms with Crippen LogP contribution < -0.4 is 4.74 Å². The molecule has 0 atom stereocenters. The summed E-state index contributed by atoms with van der Waals surface area (Å²) < 4.78 is 19.1. The molecule has 0 aliphatic rings. The molecule has 0 saturated heterocycles. The lowest BCUT2D eigenvalue weighted by Crippen LogP contribution is -1.87. The van der Waals surface area contributed by atoms with Gasteiger partial charge in [-0.2, -0.15) is 5.26 Å². The van der Waals surface area contributed by atoms with Gasteiger partial charge in [0, 0.05) is 4.47 Å². The third-order valence-electron chi connectivity index (χ3n) is 2.12. The number of hydrogen-bond acceptors (Lipinski definition) is 2. The summed E-state index contributed by atoms with van der Waals surface area (Å²) in [5.74, 6) is 0.355. The smallest absolute Gasteiger partial charge is 0.146 e. The molecule has 2 nitrogen and oxygen atoms in total. The van der Waals surface area contributed by atoms with E-state index in [1.165, 1.54) is 18.2 Å². The highest BCUT2D eigenvalue weighted by Crippen LogP contribution is 2.31. The molecule has 5 heteroatoms. The number of rotatable bonds is 2. The third-order valence-corrected chi connectivity index (χ3v) is 2.88. The lowest BCUT2D eigenvalue weighted by atomic mass is 10.2. The Hall–Kier alpha value is -1.57. The number of hydrogen-bond donors (Lipinski definition) is 0. The van der Waals surface area contributed by atoms with Gasteiger partial charge in [-0.25, -0.2) is 4.39 Å². The minimum absolute atomic E-state index is 0.175. The molecule has 0 unspecified atom stereocenters. The first-order valence-corrected chi connectivity index (χ1v) is 6.09. The lowest BCUT2D eigenvalue weighted by molar-refractivity contribution is 0.480. The molecule has 0 aromatic heterocycles. The van der Waals surface area contributed by atoms with Crippen molar-refractivity contribution in [2.24, 2.45) is 0 Å². The standard InChI is InChI=1S/C13H6BrClFNO/c14-9-3-8(7-17)4-11(5-9)18-13-2-1-10(16)6-12(13)15/h1-6H. The Bertz CT molecular complexity index is 639. The number of nitrogens with zero attached hydrogens (tertiary/aromatic N) is 1. The molecule has 2 aromatic rings. The minimum atomic E-state index is -0.431. The molecule has 0 fully saturated rings. The van der Waals surface area contributed by atoms with E-state index < -0.39 is 5.82 Å². The number of ether oxygens (including phenoxy) is 1. The van der Waals surface area contributed by atoms with Gasteiger partial charge in [-0.1, -0.05) is 27.5 Å². The topological polar surface area (TPSA) is 33.0 Å². The van der Waals surface area contributed by atoms with Gasteiger partial charge in [-0.15, -0.1) is 0 Å². The highest BCUT2D eigenvalue weighted by Gasteiger charge is 2.06. The van der Waals surface area contributed by atoms with Gasteiger partial charge in [0.15, 0.2) is 0 Å². The quantitative estimate of drug-likeness (QED) is 0.786. The first-order chi connectivity index (χ1) is 8.58. The Morgan fingerprint density at radius 1 is 1.22 bits per heavy atom. The van der Waals surface area contributed by atoms with Crippen LogP contribution in [0, 0.1) is 17.1 Å². The highest BCUT2D eigenvalue weighted by atomic mass is 79.9. The summed E-state index contributed by atoms with van der Waals surface area (Å²) in [5.41, 5.74) is 0.456. The predicted octanol–water partition coefficient (Wildman–Crippen LogP) is 4.91. The van der Waals surface area contributed by atoms with Crippen LogP contribution in [-0.2, 0) is 0 Å². The summed E-state index contributed by atoms with van der Waals surface area (Å²) in [5, 5.41) is 9.02. The Morgan fingerprint density at radius 3 is 2.67 bits per heavy atom. The van der Waals surface area contributed by atoms with E-state index in [1.54, 1.807) is 18.2 Å². The summed E-state index contributed by atoms with van der Waals surface area (Å²) in [6, 6.07) is 10.8. The first kappa shape index (κ1) is 12.9. The van der Waals surface area contributed by atoms with Crippen molar-refractivity contribution < 1.29 is 9.13 Å². The van der Waals surface area contributed by atoms with Crippen LogP contribution in [0.1, 0.15) is 5.56 Å². The van der Waals surface area contributed by atoms with Crippen LogP contribution in [0.15, 0.2) is 40.9 Å². The van der Waals surface area contributed by atoms with Crippen LogP contribution in [0.5, 0.6) is 11.5 Å².